The van der Waals surface area contributed by atoms with Crippen LogP contribution in [-0.4, -0.2) is 63.3 Å². The van der Waals surface area contributed by atoms with Crippen molar-refractivity contribution in [2.75, 3.05) is 38.2 Å². The van der Waals surface area contributed by atoms with Gasteiger partial charge in [-0.1, -0.05) is 6.92 Å². The zero-order valence-corrected chi connectivity index (χ0v) is 21.0. The Morgan fingerprint density at radius 1 is 1.09 bits per heavy atom. The minimum absolute atomic E-state index is 0.00717. The van der Waals surface area contributed by atoms with Gasteiger partial charge >= 0.3 is 0 Å². The highest BCUT2D eigenvalue weighted by molar-refractivity contribution is 7.17. The first-order valence-corrected chi connectivity index (χ1v) is 13.0. The average molecular weight is 495 g/mol. The number of anilines is 1. The number of nitrogens with zero attached hydrogens (tertiary/aromatic N) is 6. The Kier molecular flexibility index (Phi) is 6.72. The molecule has 0 spiro atoms. The number of amides is 1. The number of ether oxygens (including phenoxy) is 1. The van der Waals surface area contributed by atoms with E-state index in [2.05, 4.69) is 27.2 Å². The maximum absolute atomic E-state index is 12.9. The number of carbonyl (C=O) groups is 1. The van der Waals surface area contributed by atoms with E-state index in [0.29, 0.717) is 31.6 Å². The Morgan fingerprint density at radius 3 is 2.57 bits per heavy atom. The topological polar surface area (TPSA) is 85.0 Å². The lowest BCUT2D eigenvalue weighted by molar-refractivity contribution is -0.131. The lowest BCUT2D eigenvalue weighted by Crippen LogP contribution is -2.48. The molecule has 0 bridgehead atoms. The maximum atomic E-state index is 12.9. The Balaban J connectivity index is 1.21. The van der Waals surface area contributed by atoms with Crippen molar-refractivity contribution < 1.29 is 9.53 Å². The third kappa shape index (κ3) is 4.50. The summed E-state index contributed by atoms with van der Waals surface area (Å²) in [6, 6.07) is 10.00. The van der Waals surface area contributed by atoms with Gasteiger partial charge in [-0.2, -0.15) is 0 Å². The number of aryl methyl sites for hydroxylation is 2. The smallest absolute Gasteiger partial charge is 0.272 e. The molecule has 1 aromatic carbocycles. The molecular weight excluding hydrogens is 464 g/mol. The fraction of sp³-hybridized carbons (Fsp3) is 0.440. The van der Waals surface area contributed by atoms with E-state index in [0.717, 1.165) is 60.1 Å². The van der Waals surface area contributed by atoms with Crippen molar-refractivity contribution in [2.24, 2.45) is 0 Å². The Bertz CT molecular complexity index is 1380. The molecule has 184 valence electrons. The van der Waals surface area contributed by atoms with Crippen LogP contribution >= 0.6 is 11.3 Å². The fourth-order valence-corrected chi connectivity index (χ4v) is 5.55. The summed E-state index contributed by atoms with van der Waals surface area (Å²) in [5, 5.41) is 10.7. The summed E-state index contributed by atoms with van der Waals surface area (Å²) in [6.07, 6.45) is 2.64. The van der Waals surface area contributed by atoms with Crippen LogP contribution in [0.5, 0.6) is 5.75 Å². The van der Waals surface area contributed by atoms with Crippen LogP contribution in [0, 0.1) is 0 Å². The van der Waals surface area contributed by atoms with E-state index in [9.17, 15) is 9.59 Å². The lowest BCUT2D eigenvalue weighted by atomic mass is 10.2. The van der Waals surface area contributed by atoms with Crippen molar-refractivity contribution in [1.82, 2.24) is 24.1 Å². The molecule has 1 amide bonds. The minimum atomic E-state index is -0.00717. The van der Waals surface area contributed by atoms with Crippen LogP contribution in [0.25, 0.3) is 16.0 Å². The molecule has 0 atom stereocenters. The number of hydrogen-bond acceptors (Lipinski definition) is 7. The zero-order chi connectivity index (χ0) is 24.4. The van der Waals surface area contributed by atoms with Crippen molar-refractivity contribution >= 4 is 38.9 Å². The molecule has 10 heteroatoms. The van der Waals surface area contributed by atoms with Gasteiger partial charge in [0, 0.05) is 51.3 Å². The third-order valence-corrected chi connectivity index (χ3v) is 7.48. The number of benzene rings is 1. The zero-order valence-electron chi connectivity index (χ0n) is 20.1. The molecule has 0 N–H and O–H groups in total. The van der Waals surface area contributed by atoms with Gasteiger partial charge in [0.2, 0.25) is 11.7 Å². The van der Waals surface area contributed by atoms with Gasteiger partial charge in [-0.3, -0.25) is 18.6 Å². The van der Waals surface area contributed by atoms with Crippen molar-refractivity contribution in [3.63, 3.8) is 0 Å². The summed E-state index contributed by atoms with van der Waals surface area (Å²) < 4.78 is 9.65. The molecule has 1 aliphatic heterocycles. The molecular formula is C25H30N6O3S. The highest BCUT2D eigenvalue weighted by atomic mass is 32.1. The molecule has 9 nitrogen and oxygen atoms in total. The molecule has 0 unspecified atom stereocenters. The van der Waals surface area contributed by atoms with Gasteiger partial charge in [0.15, 0.2) is 0 Å². The third-order valence-electron chi connectivity index (χ3n) is 6.59. The number of fused-ring (bicyclic) bond motifs is 3. The standard InChI is InChI=1S/C25H30N6O3S/c1-3-12-30-24(33)23-20(11-17-35-23)31-21(26-27-25(30)31)5-4-6-22(32)29-15-13-28(14-16-29)18-7-9-19(34-2)10-8-18/h7-11,17H,3-6,12-16H2,1-2H3. The number of thiophene rings is 1. The molecule has 5 rings (SSSR count). The Labute approximate surface area is 207 Å². The summed E-state index contributed by atoms with van der Waals surface area (Å²) in [5.41, 5.74) is 1.99. The summed E-state index contributed by atoms with van der Waals surface area (Å²) in [6.45, 7) is 5.72. The normalized spacial score (nSPS) is 14.2. The molecule has 4 aromatic rings. The first-order chi connectivity index (χ1) is 17.1. The van der Waals surface area contributed by atoms with Crippen LogP contribution in [0.1, 0.15) is 32.0 Å². The second kappa shape index (κ2) is 10.1. The van der Waals surface area contributed by atoms with Crippen molar-refractivity contribution in [3.05, 3.63) is 51.9 Å². The predicted octanol–water partition coefficient (Wildman–Crippen LogP) is 3.20. The quantitative estimate of drug-likeness (QED) is 0.374. The maximum Gasteiger partial charge on any atom is 0.272 e. The van der Waals surface area contributed by atoms with Gasteiger partial charge in [-0.15, -0.1) is 21.5 Å². The second-order valence-electron chi connectivity index (χ2n) is 8.76. The molecule has 0 saturated carbocycles. The van der Waals surface area contributed by atoms with E-state index < -0.39 is 0 Å². The lowest BCUT2D eigenvalue weighted by Gasteiger charge is -2.36. The molecule has 1 aliphatic rings. The number of hydrogen-bond donors (Lipinski definition) is 0. The van der Waals surface area contributed by atoms with E-state index in [1.54, 1.807) is 11.7 Å². The first-order valence-electron chi connectivity index (χ1n) is 12.1. The molecule has 0 aliphatic carbocycles. The van der Waals surface area contributed by atoms with E-state index >= 15 is 0 Å². The molecule has 4 heterocycles. The van der Waals surface area contributed by atoms with E-state index in [4.69, 9.17) is 4.74 Å². The number of aromatic nitrogens is 4. The fourth-order valence-electron chi connectivity index (χ4n) is 4.73. The Hall–Kier alpha value is -3.40. The molecule has 1 fully saturated rings. The first kappa shape index (κ1) is 23.3. The predicted molar refractivity (Wildman–Crippen MR) is 138 cm³/mol. The van der Waals surface area contributed by atoms with Gasteiger partial charge in [-0.25, -0.2) is 0 Å². The number of rotatable bonds is 8. The van der Waals surface area contributed by atoms with Crippen LogP contribution in [-0.2, 0) is 17.8 Å². The monoisotopic (exact) mass is 494 g/mol. The molecule has 3 aromatic heterocycles. The SMILES string of the molecule is CCCn1c(=O)c2sccc2n2c(CCCC(=O)N3CCN(c4ccc(OC)cc4)CC3)nnc12. The largest absolute Gasteiger partial charge is 0.497 e. The summed E-state index contributed by atoms with van der Waals surface area (Å²) >= 11 is 1.45. The van der Waals surface area contributed by atoms with Crippen LogP contribution in [0.2, 0.25) is 0 Å². The highest BCUT2D eigenvalue weighted by Gasteiger charge is 2.22. The number of methoxy groups -OCH3 is 1. The summed E-state index contributed by atoms with van der Waals surface area (Å²) in [5.74, 6) is 2.40. The van der Waals surface area contributed by atoms with Gasteiger partial charge in [0.05, 0.1) is 12.6 Å². The molecule has 35 heavy (non-hydrogen) atoms. The molecule has 0 radical (unpaired) electrons. The van der Waals surface area contributed by atoms with Gasteiger partial charge in [0.25, 0.3) is 5.56 Å². The van der Waals surface area contributed by atoms with E-state index in [1.165, 1.54) is 11.3 Å². The van der Waals surface area contributed by atoms with Crippen molar-refractivity contribution in [3.8, 4) is 5.75 Å². The summed E-state index contributed by atoms with van der Waals surface area (Å²) in [7, 11) is 1.67. The van der Waals surface area contributed by atoms with Crippen LogP contribution in [0.3, 0.4) is 0 Å². The number of carbonyl (C=O) groups excluding carboxylic acids is 1. The number of piperazine rings is 1. The van der Waals surface area contributed by atoms with Gasteiger partial charge in [0.1, 0.15) is 16.3 Å². The minimum Gasteiger partial charge on any atom is -0.497 e. The van der Waals surface area contributed by atoms with Crippen LogP contribution < -0.4 is 15.2 Å². The Morgan fingerprint density at radius 2 is 1.86 bits per heavy atom. The van der Waals surface area contributed by atoms with Crippen molar-refractivity contribution in [1.29, 1.82) is 0 Å². The van der Waals surface area contributed by atoms with Gasteiger partial charge in [-0.05, 0) is 48.6 Å². The van der Waals surface area contributed by atoms with Gasteiger partial charge < -0.3 is 14.5 Å². The van der Waals surface area contributed by atoms with E-state index in [-0.39, 0.29) is 11.5 Å². The van der Waals surface area contributed by atoms with Crippen LogP contribution in [0.15, 0.2) is 40.5 Å². The second-order valence-corrected chi connectivity index (χ2v) is 9.68. The highest BCUT2D eigenvalue weighted by Crippen LogP contribution is 2.22. The van der Waals surface area contributed by atoms with Crippen molar-refractivity contribution in [2.45, 2.75) is 39.2 Å². The summed E-state index contributed by atoms with van der Waals surface area (Å²) in [4.78, 5) is 30.0. The molecule has 1 saturated heterocycles. The van der Waals surface area contributed by atoms with Crippen LogP contribution in [0.4, 0.5) is 5.69 Å². The van der Waals surface area contributed by atoms with E-state index in [1.807, 2.05) is 39.8 Å². The average Bonchev–Trinajstić information content (AvgIpc) is 3.54.